The molecule has 0 bridgehead atoms. The number of aromatic hydroxyl groups is 1. The fourth-order valence-electron chi connectivity index (χ4n) is 2.26. The fraction of sp³-hybridized carbons (Fsp3) is 0.0526. The molecule has 0 saturated carbocycles. The molecule has 0 heterocycles. The molecule has 0 saturated heterocycles. The SMILES string of the molecule is Cc1ccc(/C=N/N=C/c2c(O)ccc3ccccc23)cc1. The van der Waals surface area contributed by atoms with Crippen molar-refractivity contribution in [3.63, 3.8) is 0 Å². The summed E-state index contributed by atoms with van der Waals surface area (Å²) < 4.78 is 0. The van der Waals surface area contributed by atoms with E-state index in [9.17, 15) is 5.11 Å². The van der Waals surface area contributed by atoms with Crippen molar-refractivity contribution in [2.75, 3.05) is 0 Å². The second kappa shape index (κ2) is 6.22. The predicted octanol–water partition coefficient (Wildman–Crippen LogP) is 4.31. The van der Waals surface area contributed by atoms with Crippen LogP contribution in [0.15, 0.2) is 70.9 Å². The number of phenols is 1. The number of rotatable bonds is 3. The minimum atomic E-state index is 0.202. The number of hydrogen-bond acceptors (Lipinski definition) is 3. The Morgan fingerprint density at radius 2 is 1.55 bits per heavy atom. The van der Waals surface area contributed by atoms with Gasteiger partial charge in [-0.1, -0.05) is 60.2 Å². The van der Waals surface area contributed by atoms with Crippen LogP contribution in [0, 0.1) is 6.92 Å². The third-order valence-corrected chi connectivity index (χ3v) is 3.49. The molecule has 0 aliphatic carbocycles. The Hall–Kier alpha value is -2.94. The van der Waals surface area contributed by atoms with Crippen LogP contribution in [0.2, 0.25) is 0 Å². The average Bonchev–Trinajstić information content (AvgIpc) is 2.55. The maximum Gasteiger partial charge on any atom is 0.125 e. The van der Waals surface area contributed by atoms with Crippen molar-refractivity contribution >= 4 is 23.2 Å². The second-order valence-corrected chi connectivity index (χ2v) is 5.12. The van der Waals surface area contributed by atoms with Crippen molar-refractivity contribution in [3.05, 3.63) is 77.4 Å². The molecule has 0 fully saturated rings. The minimum Gasteiger partial charge on any atom is -0.507 e. The molecule has 0 aromatic heterocycles. The van der Waals surface area contributed by atoms with Gasteiger partial charge in [-0.05, 0) is 29.3 Å². The Morgan fingerprint density at radius 3 is 2.36 bits per heavy atom. The number of aryl methyl sites for hydroxylation is 1. The van der Waals surface area contributed by atoms with Gasteiger partial charge >= 0.3 is 0 Å². The largest absolute Gasteiger partial charge is 0.507 e. The molecule has 0 amide bonds. The van der Waals surface area contributed by atoms with Gasteiger partial charge in [0.2, 0.25) is 0 Å². The standard InChI is InChI=1S/C19H16N2O/c1-14-6-8-15(9-7-14)12-20-21-13-18-17-5-3-2-4-16(17)10-11-19(18)22/h2-13,22H,1H3/b20-12+,21-13+. The van der Waals surface area contributed by atoms with E-state index < -0.39 is 0 Å². The molecule has 0 atom stereocenters. The number of benzene rings is 3. The van der Waals surface area contributed by atoms with E-state index in [1.807, 2.05) is 61.5 Å². The number of nitrogens with zero attached hydrogens (tertiary/aromatic N) is 2. The highest BCUT2D eigenvalue weighted by Gasteiger charge is 2.03. The zero-order valence-electron chi connectivity index (χ0n) is 12.3. The van der Waals surface area contributed by atoms with Gasteiger partial charge in [0.1, 0.15) is 5.75 Å². The summed E-state index contributed by atoms with van der Waals surface area (Å²) in [5, 5.41) is 20.1. The Bertz CT molecular complexity index is 849. The second-order valence-electron chi connectivity index (χ2n) is 5.12. The lowest BCUT2D eigenvalue weighted by Crippen LogP contribution is -1.86. The molecule has 3 aromatic carbocycles. The molecule has 1 N–H and O–H groups in total. The molecule has 3 nitrogen and oxygen atoms in total. The fourth-order valence-corrected chi connectivity index (χ4v) is 2.26. The Kier molecular flexibility index (Phi) is 3.97. The monoisotopic (exact) mass is 288 g/mol. The van der Waals surface area contributed by atoms with E-state index in [-0.39, 0.29) is 5.75 Å². The lowest BCUT2D eigenvalue weighted by Gasteiger charge is -2.03. The van der Waals surface area contributed by atoms with Crippen LogP contribution in [0.4, 0.5) is 0 Å². The van der Waals surface area contributed by atoms with E-state index >= 15 is 0 Å². The summed E-state index contributed by atoms with van der Waals surface area (Å²) in [6, 6.07) is 19.5. The van der Waals surface area contributed by atoms with E-state index in [1.165, 1.54) is 5.56 Å². The third-order valence-electron chi connectivity index (χ3n) is 3.49. The molecule has 0 unspecified atom stereocenters. The van der Waals surface area contributed by atoms with Crippen molar-refractivity contribution in [3.8, 4) is 5.75 Å². The van der Waals surface area contributed by atoms with Gasteiger partial charge in [0.05, 0.1) is 12.4 Å². The van der Waals surface area contributed by atoms with Gasteiger partial charge in [-0.15, -0.1) is 0 Å². The lowest BCUT2D eigenvalue weighted by atomic mass is 10.0. The Balaban J connectivity index is 1.86. The smallest absolute Gasteiger partial charge is 0.125 e. The third kappa shape index (κ3) is 3.04. The summed E-state index contributed by atoms with van der Waals surface area (Å²) >= 11 is 0. The zero-order valence-corrected chi connectivity index (χ0v) is 12.3. The van der Waals surface area contributed by atoms with Crippen LogP contribution in [-0.4, -0.2) is 17.5 Å². The van der Waals surface area contributed by atoms with E-state index in [2.05, 4.69) is 10.2 Å². The van der Waals surface area contributed by atoms with Gasteiger partial charge < -0.3 is 5.11 Å². The van der Waals surface area contributed by atoms with Crippen molar-refractivity contribution in [2.45, 2.75) is 6.92 Å². The molecule has 3 aromatic rings. The quantitative estimate of drug-likeness (QED) is 0.566. The summed E-state index contributed by atoms with van der Waals surface area (Å²) in [7, 11) is 0. The van der Waals surface area contributed by atoms with Crippen molar-refractivity contribution in [2.24, 2.45) is 10.2 Å². The van der Waals surface area contributed by atoms with E-state index in [1.54, 1.807) is 18.5 Å². The summed E-state index contributed by atoms with van der Waals surface area (Å²) in [6.45, 7) is 2.04. The highest BCUT2D eigenvalue weighted by atomic mass is 16.3. The van der Waals surface area contributed by atoms with Gasteiger partial charge in [0, 0.05) is 5.56 Å². The van der Waals surface area contributed by atoms with E-state index in [0.717, 1.165) is 16.3 Å². The van der Waals surface area contributed by atoms with E-state index in [0.29, 0.717) is 5.56 Å². The summed E-state index contributed by atoms with van der Waals surface area (Å²) in [6.07, 6.45) is 3.28. The predicted molar refractivity (Wildman–Crippen MR) is 92.0 cm³/mol. The first-order chi connectivity index (χ1) is 10.7. The molecule has 3 rings (SSSR count). The zero-order chi connectivity index (χ0) is 15.4. The maximum atomic E-state index is 10.0. The van der Waals surface area contributed by atoms with Gasteiger partial charge in [-0.2, -0.15) is 10.2 Å². The summed E-state index contributed by atoms with van der Waals surface area (Å²) in [5.74, 6) is 0.202. The first-order valence-corrected chi connectivity index (χ1v) is 7.08. The number of phenolic OH excluding ortho intramolecular Hbond substituents is 1. The van der Waals surface area contributed by atoms with Crippen LogP contribution in [0.1, 0.15) is 16.7 Å². The number of fused-ring (bicyclic) bond motifs is 1. The van der Waals surface area contributed by atoms with Crippen LogP contribution < -0.4 is 0 Å². The first-order valence-electron chi connectivity index (χ1n) is 7.08. The van der Waals surface area contributed by atoms with Crippen LogP contribution >= 0.6 is 0 Å². The van der Waals surface area contributed by atoms with Crippen molar-refractivity contribution in [1.29, 1.82) is 0 Å². The molecule has 108 valence electrons. The van der Waals surface area contributed by atoms with Crippen LogP contribution in [0.5, 0.6) is 5.75 Å². The highest BCUT2D eigenvalue weighted by Crippen LogP contribution is 2.25. The van der Waals surface area contributed by atoms with Gasteiger partial charge in [-0.25, -0.2) is 0 Å². The lowest BCUT2D eigenvalue weighted by molar-refractivity contribution is 0.475. The Labute approximate surface area is 129 Å². The first kappa shape index (κ1) is 14.0. The van der Waals surface area contributed by atoms with Crippen molar-refractivity contribution < 1.29 is 5.11 Å². The average molecular weight is 288 g/mol. The van der Waals surface area contributed by atoms with E-state index in [4.69, 9.17) is 0 Å². The van der Waals surface area contributed by atoms with Crippen LogP contribution in [-0.2, 0) is 0 Å². The topological polar surface area (TPSA) is 45.0 Å². The molecule has 0 aliphatic rings. The highest BCUT2D eigenvalue weighted by molar-refractivity contribution is 6.02. The maximum absolute atomic E-state index is 10.0. The minimum absolute atomic E-state index is 0.202. The van der Waals surface area contributed by atoms with Crippen LogP contribution in [0.3, 0.4) is 0 Å². The molecular weight excluding hydrogens is 272 g/mol. The Morgan fingerprint density at radius 1 is 0.818 bits per heavy atom. The molecular formula is C19H16N2O. The molecule has 0 radical (unpaired) electrons. The van der Waals surface area contributed by atoms with Gasteiger partial charge in [0.25, 0.3) is 0 Å². The normalized spacial score (nSPS) is 11.7. The van der Waals surface area contributed by atoms with Gasteiger partial charge in [0.15, 0.2) is 0 Å². The molecule has 0 spiro atoms. The summed E-state index contributed by atoms with van der Waals surface area (Å²) in [4.78, 5) is 0. The number of hydrogen-bond donors (Lipinski definition) is 1. The molecule has 0 aliphatic heterocycles. The molecule has 3 heteroatoms. The van der Waals surface area contributed by atoms with Gasteiger partial charge in [-0.3, -0.25) is 0 Å². The van der Waals surface area contributed by atoms with Crippen molar-refractivity contribution in [1.82, 2.24) is 0 Å². The molecule has 22 heavy (non-hydrogen) atoms. The van der Waals surface area contributed by atoms with Crippen LogP contribution in [0.25, 0.3) is 10.8 Å². The summed E-state index contributed by atoms with van der Waals surface area (Å²) in [5.41, 5.74) is 2.88.